The maximum atomic E-state index is 13.1. The Hall–Kier alpha value is -3.05. The molecule has 1 N–H and O–H groups in total. The van der Waals surface area contributed by atoms with Gasteiger partial charge in [0, 0.05) is 19.3 Å². The molecule has 1 aliphatic rings. The van der Waals surface area contributed by atoms with Gasteiger partial charge < -0.3 is 19.6 Å². The number of amides is 1. The molecule has 1 saturated carbocycles. The molecular formula is C24H32N4O6S. The lowest BCUT2D eigenvalue weighted by molar-refractivity contribution is -0.110. The van der Waals surface area contributed by atoms with Gasteiger partial charge in [-0.2, -0.15) is 0 Å². The van der Waals surface area contributed by atoms with Crippen LogP contribution >= 0.6 is 0 Å². The number of ether oxygens (including phenoxy) is 2. The normalized spacial score (nSPS) is 14.8. The van der Waals surface area contributed by atoms with Crippen molar-refractivity contribution in [3.63, 3.8) is 0 Å². The summed E-state index contributed by atoms with van der Waals surface area (Å²) in [5.74, 6) is -0.0111. The number of carbonyl (C=O) groups excluding carboxylic acids is 1. The molecule has 0 atom stereocenters. The van der Waals surface area contributed by atoms with Crippen molar-refractivity contribution < 1.29 is 27.5 Å². The van der Waals surface area contributed by atoms with Crippen LogP contribution in [0.15, 0.2) is 46.7 Å². The summed E-state index contributed by atoms with van der Waals surface area (Å²) in [6.07, 6.45) is 6.96. The molecule has 190 valence electrons. The first-order chi connectivity index (χ1) is 16.8. The van der Waals surface area contributed by atoms with E-state index in [0.717, 1.165) is 25.7 Å². The van der Waals surface area contributed by atoms with Gasteiger partial charge in [0.15, 0.2) is 21.4 Å². The van der Waals surface area contributed by atoms with Crippen LogP contribution in [0.2, 0.25) is 0 Å². The van der Waals surface area contributed by atoms with Crippen LogP contribution in [0, 0.1) is 0 Å². The minimum absolute atomic E-state index is 0.0181. The topological polar surface area (TPSA) is 129 Å². The monoisotopic (exact) mass is 504 g/mol. The average Bonchev–Trinajstić information content (AvgIpc) is 3.34. The predicted molar refractivity (Wildman–Crippen MR) is 131 cm³/mol. The van der Waals surface area contributed by atoms with Gasteiger partial charge in [-0.25, -0.2) is 18.4 Å². The van der Waals surface area contributed by atoms with Crippen molar-refractivity contribution in [3.05, 3.63) is 42.2 Å². The summed E-state index contributed by atoms with van der Waals surface area (Å²) in [7, 11) is -1.94. The first-order valence-electron chi connectivity index (χ1n) is 11.6. The third-order valence-corrected chi connectivity index (χ3v) is 7.10. The lowest BCUT2D eigenvalue weighted by atomic mass is 10.1. The van der Waals surface area contributed by atoms with Gasteiger partial charge in [0.1, 0.15) is 6.10 Å². The molecule has 1 heterocycles. The van der Waals surface area contributed by atoms with Crippen LogP contribution in [-0.2, 0) is 24.2 Å². The minimum atomic E-state index is -3.46. The van der Waals surface area contributed by atoms with Gasteiger partial charge in [-0.1, -0.05) is 17.3 Å². The lowest BCUT2D eigenvalue weighted by Gasteiger charge is -2.12. The summed E-state index contributed by atoms with van der Waals surface area (Å²) >= 11 is 0. The number of sulfone groups is 1. The van der Waals surface area contributed by atoms with Crippen molar-refractivity contribution in [1.82, 2.24) is 9.97 Å². The standard InChI is InChI=1S/C24H32N4O6S/c1-17(2)33-22-16-25-21(15-26-22)27-24(29)23(28-34-19-7-4-5-8-19)18-9-11-20(12-10-18)35(30,31)14-6-13-32-3/h9-12,15-17,19H,4-8,13-14H2,1-3H3,(H,25,27,29). The van der Waals surface area contributed by atoms with E-state index in [1.165, 1.54) is 31.6 Å². The Labute approximate surface area is 206 Å². The maximum absolute atomic E-state index is 13.1. The summed E-state index contributed by atoms with van der Waals surface area (Å²) in [4.78, 5) is 27.2. The molecule has 0 radical (unpaired) electrons. The molecule has 1 aromatic carbocycles. The van der Waals surface area contributed by atoms with Crippen molar-refractivity contribution >= 4 is 27.3 Å². The number of methoxy groups -OCH3 is 1. The number of nitrogens with one attached hydrogen (secondary N) is 1. The number of nitrogens with zero attached hydrogens (tertiary/aromatic N) is 3. The van der Waals surface area contributed by atoms with Crippen LogP contribution in [0.5, 0.6) is 5.88 Å². The van der Waals surface area contributed by atoms with Gasteiger partial charge in [-0.05, 0) is 58.1 Å². The number of anilines is 1. The first-order valence-corrected chi connectivity index (χ1v) is 13.3. The van der Waals surface area contributed by atoms with E-state index in [2.05, 4.69) is 20.4 Å². The summed E-state index contributed by atoms with van der Waals surface area (Å²) in [6, 6.07) is 6.02. The van der Waals surface area contributed by atoms with Gasteiger partial charge in [-0.15, -0.1) is 0 Å². The number of aromatic nitrogens is 2. The first kappa shape index (κ1) is 26.6. The Balaban J connectivity index is 1.78. The van der Waals surface area contributed by atoms with Gasteiger partial charge in [0.05, 0.1) is 29.1 Å². The number of oxime groups is 1. The molecule has 0 spiro atoms. The molecule has 1 aliphatic carbocycles. The lowest BCUT2D eigenvalue weighted by Crippen LogP contribution is -2.25. The zero-order chi connectivity index (χ0) is 25.3. The Morgan fingerprint density at radius 2 is 1.86 bits per heavy atom. The van der Waals surface area contributed by atoms with E-state index in [1.54, 1.807) is 12.1 Å². The third-order valence-electron chi connectivity index (χ3n) is 5.28. The molecule has 1 amide bonds. The smallest absolute Gasteiger partial charge is 0.279 e. The fourth-order valence-corrected chi connectivity index (χ4v) is 4.82. The fourth-order valence-electron chi connectivity index (χ4n) is 3.54. The van der Waals surface area contributed by atoms with E-state index in [9.17, 15) is 13.2 Å². The summed E-state index contributed by atoms with van der Waals surface area (Å²) in [5, 5.41) is 6.81. The van der Waals surface area contributed by atoms with E-state index in [4.69, 9.17) is 14.3 Å². The zero-order valence-corrected chi connectivity index (χ0v) is 21.1. The second kappa shape index (κ2) is 12.6. The molecule has 0 unspecified atom stereocenters. The molecule has 35 heavy (non-hydrogen) atoms. The highest BCUT2D eigenvalue weighted by atomic mass is 32.2. The van der Waals surface area contributed by atoms with Crippen molar-refractivity contribution in [3.8, 4) is 5.88 Å². The second-order valence-electron chi connectivity index (χ2n) is 8.50. The average molecular weight is 505 g/mol. The SMILES string of the molecule is COCCCS(=O)(=O)c1ccc(C(=NOC2CCCC2)C(=O)Nc2cnc(OC(C)C)cn2)cc1. The Morgan fingerprint density at radius 3 is 2.46 bits per heavy atom. The highest BCUT2D eigenvalue weighted by Gasteiger charge is 2.21. The van der Waals surface area contributed by atoms with Gasteiger partial charge in [0.2, 0.25) is 5.88 Å². The van der Waals surface area contributed by atoms with Crippen molar-refractivity contribution in [2.45, 2.75) is 63.1 Å². The molecule has 3 rings (SSSR count). The molecule has 2 aromatic rings. The van der Waals surface area contributed by atoms with Gasteiger partial charge in [-0.3, -0.25) is 4.79 Å². The summed E-state index contributed by atoms with van der Waals surface area (Å²) in [5.41, 5.74) is 0.439. The van der Waals surface area contributed by atoms with E-state index in [1.807, 2.05) is 13.8 Å². The second-order valence-corrected chi connectivity index (χ2v) is 10.6. The van der Waals surface area contributed by atoms with Crippen LogP contribution in [0.1, 0.15) is 51.5 Å². The quantitative estimate of drug-likeness (QED) is 0.265. The molecule has 1 aromatic heterocycles. The molecule has 0 saturated heterocycles. The van der Waals surface area contributed by atoms with E-state index in [-0.39, 0.29) is 34.4 Å². The summed E-state index contributed by atoms with van der Waals surface area (Å²) < 4.78 is 35.5. The number of carbonyl (C=O) groups is 1. The van der Waals surface area contributed by atoms with Crippen molar-refractivity contribution in [2.75, 3.05) is 24.8 Å². The molecule has 0 bridgehead atoms. The zero-order valence-electron chi connectivity index (χ0n) is 20.3. The third kappa shape index (κ3) is 8.00. The Bertz CT molecular complexity index is 1100. The van der Waals surface area contributed by atoms with Gasteiger partial charge in [0.25, 0.3) is 5.91 Å². The molecule has 10 nitrogen and oxygen atoms in total. The summed E-state index contributed by atoms with van der Waals surface area (Å²) in [6.45, 7) is 4.11. The molecule has 11 heteroatoms. The number of rotatable bonds is 12. The van der Waals surface area contributed by atoms with E-state index in [0.29, 0.717) is 24.5 Å². The molecule has 1 fully saturated rings. The van der Waals surface area contributed by atoms with E-state index >= 15 is 0 Å². The maximum Gasteiger partial charge on any atom is 0.279 e. The highest BCUT2D eigenvalue weighted by molar-refractivity contribution is 7.91. The van der Waals surface area contributed by atoms with Crippen molar-refractivity contribution in [1.29, 1.82) is 0 Å². The van der Waals surface area contributed by atoms with Gasteiger partial charge >= 0.3 is 0 Å². The number of benzene rings is 1. The number of hydrogen-bond donors (Lipinski definition) is 1. The van der Waals surface area contributed by atoms with Crippen LogP contribution in [0.4, 0.5) is 5.82 Å². The van der Waals surface area contributed by atoms with Crippen molar-refractivity contribution in [2.24, 2.45) is 5.16 Å². The molecular weight excluding hydrogens is 472 g/mol. The molecule has 0 aliphatic heterocycles. The van der Waals surface area contributed by atoms with Crippen LogP contribution in [-0.4, -0.2) is 61.7 Å². The number of hydrogen-bond acceptors (Lipinski definition) is 9. The van der Waals surface area contributed by atoms with E-state index < -0.39 is 15.7 Å². The van der Waals surface area contributed by atoms with Crippen LogP contribution in [0.3, 0.4) is 0 Å². The Morgan fingerprint density at radius 1 is 1.14 bits per heavy atom. The largest absolute Gasteiger partial charge is 0.474 e. The fraction of sp³-hybridized carbons (Fsp3) is 0.500. The van der Waals surface area contributed by atoms with Crippen LogP contribution < -0.4 is 10.1 Å². The highest BCUT2D eigenvalue weighted by Crippen LogP contribution is 2.22. The Kier molecular flexibility index (Phi) is 9.55. The predicted octanol–water partition coefficient (Wildman–Crippen LogP) is 3.38. The van der Waals surface area contributed by atoms with Crippen LogP contribution in [0.25, 0.3) is 0 Å². The minimum Gasteiger partial charge on any atom is -0.474 e.